The van der Waals surface area contributed by atoms with Crippen LogP contribution in [0.25, 0.3) is 0 Å². The van der Waals surface area contributed by atoms with E-state index in [-0.39, 0.29) is 24.8 Å². The van der Waals surface area contributed by atoms with Crippen LogP contribution in [-0.2, 0) is 4.74 Å². The predicted molar refractivity (Wildman–Crippen MR) is 85.3 cm³/mol. The number of carbonyl (C=O) groups excluding carboxylic acids is 1. The Morgan fingerprint density at radius 3 is 2.38 bits per heavy atom. The minimum absolute atomic E-state index is 0.0479. The third-order valence-corrected chi connectivity index (χ3v) is 4.26. The Morgan fingerprint density at radius 1 is 1.19 bits per heavy atom. The topological polar surface area (TPSA) is 49.8 Å². The Hall–Kier alpha value is -0.770. The van der Waals surface area contributed by atoms with Crippen LogP contribution in [0, 0.1) is 5.92 Å². The maximum atomic E-state index is 12.4. The number of amides is 1. The zero-order valence-corrected chi connectivity index (χ0v) is 14.4. The molecule has 4 heteroatoms. The molecule has 1 saturated heterocycles. The smallest absolute Gasteiger partial charge is 0.410 e. The van der Waals surface area contributed by atoms with Crippen LogP contribution in [0.4, 0.5) is 4.79 Å². The molecule has 2 fully saturated rings. The lowest BCUT2D eigenvalue weighted by Crippen LogP contribution is -2.46. The summed E-state index contributed by atoms with van der Waals surface area (Å²) in [6.45, 7) is 9.71. The molecule has 0 bridgehead atoms. The highest BCUT2D eigenvalue weighted by Crippen LogP contribution is 2.39. The van der Waals surface area contributed by atoms with E-state index < -0.39 is 5.60 Å². The molecule has 1 N–H and O–H groups in total. The fraction of sp³-hybridized carbons (Fsp3) is 0.941. The van der Waals surface area contributed by atoms with Crippen LogP contribution in [0.1, 0.15) is 73.1 Å². The summed E-state index contributed by atoms with van der Waals surface area (Å²) in [4.78, 5) is 14.2. The van der Waals surface area contributed by atoms with E-state index in [1.807, 2.05) is 39.5 Å². The van der Waals surface area contributed by atoms with E-state index >= 15 is 0 Å². The summed E-state index contributed by atoms with van der Waals surface area (Å²) in [5.41, 5.74) is -0.472. The highest BCUT2D eigenvalue weighted by Gasteiger charge is 2.44. The molecule has 0 spiro atoms. The molecular weight excluding hydrogens is 266 g/mol. The molecule has 0 aromatic carbocycles. The molecule has 1 amide bonds. The largest absolute Gasteiger partial charge is 0.444 e. The summed E-state index contributed by atoms with van der Waals surface area (Å²) in [5.74, 6) is 0.548. The van der Waals surface area contributed by atoms with E-state index in [9.17, 15) is 9.90 Å². The number of likely N-dealkylation sites (tertiary alicyclic amines) is 1. The van der Waals surface area contributed by atoms with Gasteiger partial charge in [-0.1, -0.05) is 33.1 Å². The summed E-state index contributed by atoms with van der Waals surface area (Å²) in [7, 11) is 0. The van der Waals surface area contributed by atoms with Crippen molar-refractivity contribution in [1.82, 2.24) is 4.90 Å². The highest BCUT2D eigenvalue weighted by atomic mass is 16.6. The molecule has 1 saturated carbocycles. The summed E-state index contributed by atoms with van der Waals surface area (Å²) in [6, 6.07) is 0.220. The van der Waals surface area contributed by atoms with Crippen molar-refractivity contribution in [1.29, 1.82) is 0 Å². The van der Waals surface area contributed by atoms with E-state index in [1.165, 1.54) is 25.7 Å². The molecule has 21 heavy (non-hydrogen) atoms. The molecule has 3 atom stereocenters. The Balaban J connectivity index is 0.00000106. The fourth-order valence-electron chi connectivity index (χ4n) is 3.50. The summed E-state index contributed by atoms with van der Waals surface area (Å²) >= 11 is 0. The van der Waals surface area contributed by atoms with E-state index in [2.05, 4.69) is 0 Å². The van der Waals surface area contributed by atoms with Gasteiger partial charge in [-0.2, -0.15) is 0 Å². The Kier molecular flexibility index (Phi) is 6.98. The number of nitrogens with zero attached hydrogens (tertiary/aromatic N) is 1. The molecule has 0 radical (unpaired) electrons. The van der Waals surface area contributed by atoms with Gasteiger partial charge in [0.25, 0.3) is 0 Å². The molecule has 2 aliphatic rings. The lowest BCUT2D eigenvalue weighted by molar-refractivity contribution is 0.00686. The number of hydrogen-bond donors (Lipinski definition) is 1. The van der Waals surface area contributed by atoms with Crippen LogP contribution < -0.4 is 0 Å². The van der Waals surface area contributed by atoms with Gasteiger partial charge < -0.3 is 9.84 Å². The normalized spacial score (nSPS) is 29.0. The van der Waals surface area contributed by atoms with E-state index in [1.54, 1.807) is 0 Å². The van der Waals surface area contributed by atoms with Gasteiger partial charge in [-0.25, -0.2) is 4.79 Å². The van der Waals surface area contributed by atoms with Crippen molar-refractivity contribution in [3.8, 4) is 0 Å². The van der Waals surface area contributed by atoms with Crippen molar-refractivity contribution in [2.24, 2.45) is 5.92 Å². The first-order valence-electron chi connectivity index (χ1n) is 8.54. The fourth-order valence-corrected chi connectivity index (χ4v) is 3.50. The number of carbonyl (C=O) groups is 1. The minimum atomic E-state index is -0.472. The van der Waals surface area contributed by atoms with Crippen LogP contribution >= 0.6 is 0 Å². The molecule has 0 aromatic rings. The third kappa shape index (κ3) is 4.87. The number of ether oxygens (including phenoxy) is 1. The molecule has 1 aliphatic heterocycles. The first-order chi connectivity index (χ1) is 9.92. The number of aliphatic hydroxyl groups excluding tert-OH is 1. The average Bonchev–Trinajstić information content (AvgIpc) is 2.62. The first kappa shape index (κ1) is 18.3. The van der Waals surface area contributed by atoms with Gasteiger partial charge in [0.15, 0.2) is 0 Å². The third-order valence-electron chi connectivity index (χ3n) is 4.26. The molecule has 1 unspecified atom stereocenters. The maximum Gasteiger partial charge on any atom is 0.410 e. The monoisotopic (exact) mass is 299 g/mol. The summed E-state index contributed by atoms with van der Waals surface area (Å²) in [5, 5.41) is 9.55. The van der Waals surface area contributed by atoms with Crippen molar-refractivity contribution in [3.63, 3.8) is 0 Å². The predicted octanol–water partition coefficient (Wildman–Crippen LogP) is 3.96. The standard InChI is InChI=1S/C15H27NO3.C2H6/c1-15(2,3)19-14(18)16-12(10-17)9-11-7-5-4-6-8-13(11)16;1-2/h11-13,17H,4-10H2,1-3H3;1-2H3/t11-,12?,13+;/m0./s1. The van der Waals surface area contributed by atoms with E-state index in [0.717, 1.165) is 12.8 Å². The minimum Gasteiger partial charge on any atom is -0.444 e. The lowest BCUT2D eigenvalue weighted by atomic mass is 9.94. The molecular formula is C17H33NO3. The number of rotatable bonds is 1. The molecule has 0 aromatic heterocycles. The van der Waals surface area contributed by atoms with Gasteiger partial charge in [0.05, 0.1) is 12.6 Å². The van der Waals surface area contributed by atoms with Crippen molar-refractivity contribution in [3.05, 3.63) is 0 Å². The van der Waals surface area contributed by atoms with Crippen LogP contribution in [0.15, 0.2) is 0 Å². The van der Waals surface area contributed by atoms with Crippen molar-refractivity contribution >= 4 is 6.09 Å². The van der Waals surface area contributed by atoms with Crippen molar-refractivity contribution in [2.75, 3.05) is 6.61 Å². The van der Waals surface area contributed by atoms with Crippen LogP contribution in [-0.4, -0.2) is 40.4 Å². The molecule has 124 valence electrons. The second kappa shape index (κ2) is 8.02. The van der Waals surface area contributed by atoms with Gasteiger partial charge in [-0.05, 0) is 46.0 Å². The van der Waals surface area contributed by atoms with Gasteiger partial charge in [0.2, 0.25) is 0 Å². The zero-order valence-electron chi connectivity index (χ0n) is 14.4. The first-order valence-corrected chi connectivity index (χ1v) is 8.54. The van der Waals surface area contributed by atoms with Crippen LogP contribution in [0.5, 0.6) is 0 Å². The molecule has 4 nitrogen and oxygen atoms in total. The van der Waals surface area contributed by atoms with E-state index in [4.69, 9.17) is 4.74 Å². The van der Waals surface area contributed by atoms with Gasteiger partial charge in [0.1, 0.15) is 5.60 Å². The SMILES string of the molecule is CC.CC(C)(C)OC(=O)N1C(CO)C[C@@H]2CCCCC[C@H]21. The second-order valence-electron chi connectivity index (χ2n) is 6.93. The second-order valence-corrected chi connectivity index (χ2v) is 6.93. The van der Waals surface area contributed by atoms with Crippen LogP contribution in [0.2, 0.25) is 0 Å². The maximum absolute atomic E-state index is 12.4. The number of hydrogen-bond acceptors (Lipinski definition) is 3. The van der Waals surface area contributed by atoms with Gasteiger partial charge >= 0.3 is 6.09 Å². The highest BCUT2D eigenvalue weighted by molar-refractivity contribution is 5.69. The number of fused-ring (bicyclic) bond motifs is 1. The van der Waals surface area contributed by atoms with Crippen molar-refractivity contribution in [2.45, 2.75) is 90.8 Å². The number of aliphatic hydroxyl groups is 1. The zero-order chi connectivity index (χ0) is 16.0. The average molecular weight is 299 g/mol. The summed E-state index contributed by atoms with van der Waals surface area (Å²) in [6.07, 6.45) is 6.61. The molecule has 1 heterocycles. The molecule has 1 aliphatic carbocycles. The van der Waals surface area contributed by atoms with E-state index in [0.29, 0.717) is 5.92 Å². The van der Waals surface area contributed by atoms with Gasteiger partial charge in [-0.3, -0.25) is 4.90 Å². The Labute approximate surface area is 129 Å². The lowest BCUT2D eigenvalue weighted by Gasteiger charge is -2.32. The quantitative estimate of drug-likeness (QED) is 0.797. The van der Waals surface area contributed by atoms with Crippen LogP contribution in [0.3, 0.4) is 0 Å². The summed E-state index contributed by atoms with van der Waals surface area (Å²) < 4.78 is 5.52. The Bertz CT molecular complexity index is 324. The van der Waals surface area contributed by atoms with Gasteiger partial charge in [0, 0.05) is 6.04 Å². The van der Waals surface area contributed by atoms with Crippen molar-refractivity contribution < 1.29 is 14.6 Å². The van der Waals surface area contributed by atoms with Gasteiger partial charge in [-0.15, -0.1) is 0 Å². The Morgan fingerprint density at radius 2 is 1.81 bits per heavy atom. The molecule has 2 rings (SSSR count).